The summed E-state index contributed by atoms with van der Waals surface area (Å²) in [6.45, 7) is 2.05. The molecule has 0 amide bonds. The van der Waals surface area contributed by atoms with Crippen molar-refractivity contribution in [3.63, 3.8) is 0 Å². The van der Waals surface area contributed by atoms with Crippen LogP contribution < -0.4 is 5.73 Å². The maximum atomic E-state index is 13.5. The maximum absolute atomic E-state index is 13.5. The van der Waals surface area contributed by atoms with Gasteiger partial charge in [0, 0.05) is 13.0 Å². The second-order valence-electron chi connectivity index (χ2n) is 3.88. The number of carbonyl (C=O) groups excluding carboxylic acids is 1. The molecule has 0 radical (unpaired) electrons. The molecule has 1 atom stereocenters. The van der Waals surface area contributed by atoms with Crippen LogP contribution >= 0.6 is 0 Å². The molecule has 0 aliphatic rings. The summed E-state index contributed by atoms with van der Waals surface area (Å²) >= 11 is 0. The van der Waals surface area contributed by atoms with Crippen LogP contribution in [-0.4, -0.2) is 38.3 Å². The van der Waals surface area contributed by atoms with Crippen LogP contribution in [-0.2, 0) is 16.1 Å². The lowest BCUT2D eigenvalue weighted by molar-refractivity contribution is -0.149. The summed E-state index contributed by atoms with van der Waals surface area (Å²) in [5.41, 5.74) is 6.62. The van der Waals surface area contributed by atoms with Crippen LogP contribution in [0.1, 0.15) is 13.3 Å². The van der Waals surface area contributed by atoms with Gasteiger partial charge in [-0.05, 0) is 6.92 Å². The van der Waals surface area contributed by atoms with Crippen molar-refractivity contribution in [2.75, 3.05) is 12.3 Å². The summed E-state index contributed by atoms with van der Waals surface area (Å²) in [7, 11) is 0. The number of aryl methyl sites for hydroxylation is 1. The molecule has 0 saturated heterocycles. The van der Waals surface area contributed by atoms with E-state index in [1.807, 2.05) is 0 Å². The highest BCUT2D eigenvalue weighted by molar-refractivity contribution is 5.81. The molecule has 0 spiro atoms. The van der Waals surface area contributed by atoms with E-state index in [1.165, 1.54) is 12.7 Å². The van der Waals surface area contributed by atoms with Crippen molar-refractivity contribution in [3.8, 4) is 0 Å². The van der Waals surface area contributed by atoms with Crippen LogP contribution in [0.4, 0.5) is 10.2 Å². The van der Waals surface area contributed by atoms with Gasteiger partial charge in [-0.2, -0.15) is 0 Å². The lowest BCUT2D eigenvalue weighted by Gasteiger charge is -2.08. The number of halogens is 1. The van der Waals surface area contributed by atoms with E-state index >= 15 is 0 Å². The van der Waals surface area contributed by atoms with Gasteiger partial charge >= 0.3 is 5.97 Å². The third kappa shape index (κ3) is 2.78. The van der Waals surface area contributed by atoms with Gasteiger partial charge in [0.15, 0.2) is 17.6 Å². The molecule has 7 nitrogen and oxygen atoms in total. The van der Waals surface area contributed by atoms with Gasteiger partial charge in [-0.1, -0.05) is 0 Å². The van der Waals surface area contributed by atoms with E-state index < -0.39 is 12.1 Å². The van der Waals surface area contributed by atoms with Crippen LogP contribution in [0.15, 0.2) is 12.7 Å². The second kappa shape index (κ2) is 5.59. The Morgan fingerprint density at radius 1 is 1.53 bits per heavy atom. The Balaban J connectivity index is 2.06. The van der Waals surface area contributed by atoms with Crippen LogP contribution in [0.25, 0.3) is 11.2 Å². The van der Waals surface area contributed by atoms with Crippen molar-refractivity contribution < 1.29 is 13.9 Å². The number of alkyl halides is 1. The first kappa shape index (κ1) is 13.2. The topological polar surface area (TPSA) is 95.9 Å². The zero-order valence-corrected chi connectivity index (χ0v) is 10.4. The van der Waals surface area contributed by atoms with Crippen molar-refractivity contribution in [1.82, 2.24) is 19.5 Å². The summed E-state index contributed by atoms with van der Waals surface area (Å²) < 4.78 is 19.7. The van der Waals surface area contributed by atoms with Crippen LogP contribution in [0.2, 0.25) is 0 Å². The summed E-state index contributed by atoms with van der Waals surface area (Å²) in [4.78, 5) is 23.0. The first-order valence-corrected chi connectivity index (χ1v) is 5.85. The fourth-order valence-corrected chi connectivity index (χ4v) is 1.67. The Hall–Kier alpha value is -2.25. The van der Waals surface area contributed by atoms with Crippen molar-refractivity contribution >= 4 is 23.0 Å². The van der Waals surface area contributed by atoms with Gasteiger partial charge in [-0.25, -0.2) is 24.1 Å². The average molecular weight is 267 g/mol. The molecule has 2 heterocycles. The molecule has 0 aliphatic carbocycles. The number of hydrogen-bond donors (Lipinski definition) is 1. The molecule has 0 aliphatic heterocycles. The number of carbonyl (C=O) groups is 1. The number of imidazole rings is 1. The van der Waals surface area contributed by atoms with Crippen molar-refractivity contribution in [3.05, 3.63) is 12.7 Å². The van der Waals surface area contributed by atoms with Crippen molar-refractivity contribution in [2.24, 2.45) is 0 Å². The first-order valence-electron chi connectivity index (χ1n) is 5.85. The number of fused-ring (bicyclic) bond motifs is 1. The van der Waals surface area contributed by atoms with Crippen LogP contribution in [0.5, 0.6) is 0 Å². The molecule has 0 saturated carbocycles. The highest BCUT2D eigenvalue weighted by atomic mass is 19.1. The molecular formula is C11H14FN5O2. The number of nitrogens with two attached hydrogens (primary N) is 1. The molecule has 2 N–H and O–H groups in total. The Bertz CT molecular complexity index is 585. The summed E-state index contributed by atoms with van der Waals surface area (Å²) in [5.74, 6) is -0.577. The van der Waals surface area contributed by atoms with E-state index in [-0.39, 0.29) is 25.4 Å². The van der Waals surface area contributed by atoms with Gasteiger partial charge in [-0.3, -0.25) is 0 Å². The van der Waals surface area contributed by atoms with Gasteiger partial charge in [0.1, 0.15) is 11.8 Å². The first-order chi connectivity index (χ1) is 9.13. The normalized spacial score (nSPS) is 12.5. The Morgan fingerprint density at radius 3 is 3.05 bits per heavy atom. The molecule has 102 valence electrons. The van der Waals surface area contributed by atoms with Gasteiger partial charge in [0.25, 0.3) is 0 Å². The van der Waals surface area contributed by atoms with Gasteiger partial charge < -0.3 is 15.0 Å². The fourth-order valence-electron chi connectivity index (χ4n) is 1.67. The van der Waals surface area contributed by atoms with E-state index in [4.69, 9.17) is 5.73 Å². The molecule has 2 aromatic heterocycles. The molecule has 2 rings (SSSR count). The molecule has 19 heavy (non-hydrogen) atoms. The van der Waals surface area contributed by atoms with Crippen LogP contribution in [0.3, 0.4) is 0 Å². The van der Waals surface area contributed by atoms with Crippen LogP contribution in [0, 0.1) is 0 Å². The van der Waals surface area contributed by atoms with Crippen molar-refractivity contribution in [2.45, 2.75) is 26.1 Å². The molecule has 0 aromatic carbocycles. The molecule has 0 fully saturated rings. The van der Waals surface area contributed by atoms with Crippen molar-refractivity contribution in [1.29, 1.82) is 0 Å². The van der Waals surface area contributed by atoms with E-state index in [9.17, 15) is 9.18 Å². The number of hydrogen-bond acceptors (Lipinski definition) is 6. The zero-order valence-electron chi connectivity index (χ0n) is 10.4. The minimum Gasteiger partial charge on any atom is -0.464 e. The molecular weight excluding hydrogens is 253 g/mol. The summed E-state index contributed by atoms with van der Waals surface area (Å²) in [5, 5.41) is 0. The fraction of sp³-hybridized carbons (Fsp3) is 0.455. The Kier molecular flexibility index (Phi) is 3.88. The number of aromatic nitrogens is 4. The average Bonchev–Trinajstić information content (AvgIpc) is 2.81. The van der Waals surface area contributed by atoms with E-state index in [1.54, 1.807) is 11.5 Å². The molecule has 1 unspecified atom stereocenters. The third-order valence-corrected chi connectivity index (χ3v) is 2.60. The smallest absolute Gasteiger partial charge is 0.340 e. The predicted octanol–water partition coefficient (Wildman–Crippen LogP) is 0.700. The van der Waals surface area contributed by atoms with E-state index in [0.29, 0.717) is 11.2 Å². The monoisotopic (exact) mass is 267 g/mol. The third-order valence-electron chi connectivity index (χ3n) is 2.60. The highest BCUT2D eigenvalue weighted by Crippen LogP contribution is 2.15. The quantitative estimate of drug-likeness (QED) is 0.801. The number of ether oxygens (including phenoxy) is 1. The maximum Gasteiger partial charge on any atom is 0.340 e. The van der Waals surface area contributed by atoms with Gasteiger partial charge in [-0.15, -0.1) is 0 Å². The molecule has 8 heteroatoms. The number of nitrogen functional groups attached to an aromatic ring is 1. The highest BCUT2D eigenvalue weighted by Gasteiger charge is 2.19. The largest absolute Gasteiger partial charge is 0.464 e. The summed E-state index contributed by atoms with van der Waals surface area (Å²) in [6, 6.07) is 0. The van der Waals surface area contributed by atoms with Gasteiger partial charge in [0.05, 0.1) is 12.9 Å². The number of nitrogens with zero attached hydrogens (tertiary/aromatic N) is 4. The number of anilines is 1. The Labute approximate surface area is 108 Å². The lowest BCUT2D eigenvalue weighted by Crippen LogP contribution is -2.20. The number of rotatable bonds is 5. The number of esters is 1. The summed E-state index contributed by atoms with van der Waals surface area (Å²) in [6.07, 6.45) is 1.15. The van der Waals surface area contributed by atoms with E-state index in [0.717, 1.165) is 0 Å². The lowest BCUT2D eigenvalue weighted by atomic mass is 10.3. The predicted molar refractivity (Wildman–Crippen MR) is 65.9 cm³/mol. The minimum atomic E-state index is -1.66. The molecule has 2 aromatic rings. The standard InChI is InChI=1S/C11H14FN5O2/c1-2-19-11(18)7(12)3-4-17-6-16-8-9(13)14-5-15-10(8)17/h5-7H,2-4H2,1H3,(H2,13,14,15). The van der Waals surface area contributed by atoms with E-state index in [2.05, 4.69) is 19.7 Å². The SMILES string of the molecule is CCOC(=O)C(F)CCn1cnc2c(N)ncnc21. The molecule has 0 bridgehead atoms. The van der Waals surface area contributed by atoms with Gasteiger partial charge in [0.2, 0.25) is 0 Å². The zero-order chi connectivity index (χ0) is 13.8. The Morgan fingerprint density at radius 2 is 2.32 bits per heavy atom. The second-order valence-corrected chi connectivity index (χ2v) is 3.88. The minimum absolute atomic E-state index is 0.00575.